The summed E-state index contributed by atoms with van der Waals surface area (Å²) in [6, 6.07) is 6.88. The van der Waals surface area contributed by atoms with Crippen LogP contribution >= 0.6 is 27.5 Å². The molecule has 0 spiro atoms. The third-order valence-corrected chi connectivity index (χ3v) is 4.13. The highest BCUT2D eigenvalue weighted by Crippen LogP contribution is 2.33. The van der Waals surface area contributed by atoms with E-state index >= 15 is 0 Å². The first-order valence-electron chi connectivity index (χ1n) is 6.13. The van der Waals surface area contributed by atoms with Crippen molar-refractivity contribution in [3.8, 4) is 5.75 Å². The molecule has 6 heteroatoms. The summed E-state index contributed by atoms with van der Waals surface area (Å²) in [4.78, 5) is 0. The fourth-order valence-corrected chi connectivity index (χ4v) is 2.84. The van der Waals surface area contributed by atoms with E-state index < -0.39 is 17.7 Å². The molecule has 0 heterocycles. The molecule has 0 fully saturated rings. The van der Waals surface area contributed by atoms with Crippen molar-refractivity contribution in [1.82, 2.24) is 5.32 Å². The molecular formula is C15H13BrClF2NO. The van der Waals surface area contributed by atoms with E-state index in [1.54, 1.807) is 32.4 Å². The van der Waals surface area contributed by atoms with Gasteiger partial charge in [0.2, 0.25) is 0 Å². The van der Waals surface area contributed by atoms with E-state index in [1.165, 1.54) is 0 Å². The monoisotopic (exact) mass is 375 g/mol. The summed E-state index contributed by atoms with van der Waals surface area (Å²) in [6.45, 7) is 0. The molecule has 1 unspecified atom stereocenters. The molecule has 1 atom stereocenters. The Kier molecular flexibility index (Phi) is 5.19. The van der Waals surface area contributed by atoms with E-state index in [2.05, 4.69) is 21.2 Å². The SMILES string of the molecule is CNC(c1cc(F)c(Cl)cc1F)c1ccc(OC)cc1Br. The normalized spacial score (nSPS) is 12.3. The number of rotatable bonds is 4. The van der Waals surface area contributed by atoms with Crippen LogP contribution in [0.25, 0.3) is 0 Å². The zero-order valence-electron chi connectivity index (χ0n) is 11.4. The van der Waals surface area contributed by atoms with Crippen LogP contribution in [0.2, 0.25) is 5.02 Å². The van der Waals surface area contributed by atoms with Crippen molar-refractivity contribution in [2.75, 3.05) is 14.2 Å². The van der Waals surface area contributed by atoms with Crippen molar-refractivity contribution in [2.24, 2.45) is 0 Å². The first-order valence-corrected chi connectivity index (χ1v) is 7.30. The molecule has 2 nitrogen and oxygen atoms in total. The maximum absolute atomic E-state index is 14.1. The first-order chi connectivity index (χ1) is 9.97. The Morgan fingerprint density at radius 3 is 2.43 bits per heavy atom. The predicted octanol–water partition coefficient (Wildman–Crippen LogP) is 4.70. The lowest BCUT2D eigenvalue weighted by atomic mass is 9.98. The van der Waals surface area contributed by atoms with Gasteiger partial charge in [0.25, 0.3) is 0 Å². The van der Waals surface area contributed by atoms with Gasteiger partial charge in [0, 0.05) is 10.0 Å². The lowest BCUT2D eigenvalue weighted by Crippen LogP contribution is -2.19. The van der Waals surface area contributed by atoms with Gasteiger partial charge in [0.05, 0.1) is 18.2 Å². The number of halogens is 4. The molecule has 0 saturated carbocycles. The van der Waals surface area contributed by atoms with E-state index in [0.717, 1.165) is 22.2 Å². The van der Waals surface area contributed by atoms with Crippen LogP contribution in [0.4, 0.5) is 8.78 Å². The van der Waals surface area contributed by atoms with Crippen molar-refractivity contribution in [3.63, 3.8) is 0 Å². The van der Waals surface area contributed by atoms with Gasteiger partial charge in [0.15, 0.2) is 0 Å². The van der Waals surface area contributed by atoms with E-state index in [-0.39, 0.29) is 10.6 Å². The Balaban J connectivity index is 2.52. The molecule has 0 aliphatic rings. The lowest BCUT2D eigenvalue weighted by molar-refractivity contribution is 0.414. The van der Waals surface area contributed by atoms with Gasteiger partial charge in [-0.3, -0.25) is 0 Å². The number of hydrogen-bond acceptors (Lipinski definition) is 2. The molecule has 0 amide bonds. The quantitative estimate of drug-likeness (QED) is 0.781. The molecule has 2 rings (SSSR count). The predicted molar refractivity (Wildman–Crippen MR) is 83.0 cm³/mol. The topological polar surface area (TPSA) is 21.3 Å². The molecular weight excluding hydrogens is 364 g/mol. The Labute approximate surface area is 135 Å². The smallest absolute Gasteiger partial charge is 0.142 e. The Hall–Kier alpha value is -1.17. The summed E-state index contributed by atoms with van der Waals surface area (Å²) < 4.78 is 33.6. The van der Waals surface area contributed by atoms with Crippen LogP contribution in [0, 0.1) is 11.6 Å². The maximum Gasteiger partial charge on any atom is 0.142 e. The highest BCUT2D eigenvalue weighted by Gasteiger charge is 2.21. The fourth-order valence-electron chi connectivity index (χ4n) is 2.11. The molecule has 2 aromatic carbocycles. The van der Waals surface area contributed by atoms with Crippen LogP contribution in [0.3, 0.4) is 0 Å². The van der Waals surface area contributed by atoms with Crippen LogP contribution in [0.5, 0.6) is 5.75 Å². The van der Waals surface area contributed by atoms with Gasteiger partial charge in [-0.1, -0.05) is 33.6 Å². The Morgan fingerprint density at radius 2 is 1.86 bits per heavy atom. The van der Waals surface area contributed by atoms with E-state index in [1.807, 2.05) is 0 Å². The molecule has 0 aromatic heterocycles. The van der Waals surface area contributed by atoms with Gasteiger partial charge in [-0.05, 0) is 36.9 Å². The molecule has 0 radical (unpaired) electrons. The Morgan fingerprint density at radius 1 is 1.14 bits per heavy atom. The molecule has 21 heavy (non-hydrogen) atoms. The second kappa shape index (κ2) is 6.73. The molecule has 1 N–H and O–H groups in total. The average molecular weight is 377 g/mol. The second-order valence-electron chi connectivity index (χ2n) is 4.40. The van der Waals surface area contributed by atoms with Crippen LogP contribution in [0.15, 0.2) is 34.8 Å². The third-order valence-electron chi connectivity index (χ3n) is 3.16. The summed E-state index contributed by atoms with van der Waals surface area (Å²) in [5.74, 6) is -0.551. The zero-order valence-corrected chi connectivity index (χ0v) is 13.7. The summed E-state index contributed by atoms with van der Waals surface area (Å²) in [5.41, 5.74) is 0.948. The number of ether oxygens (including phenoxy) is 1. The summed E-state index contributed by atoms with van der Waals surface area (Å²) in [6.07, 6.45) is 0. The van der Waals surface area contributed by atoms with Crippen LogP contribution in [-0.2, 0) is 0 Å². The van der Waals surface area contributed by atoms with E-state index in [4.69, 9.17) is 16.3 Å². The number of benzene rings is 2. The van der Waals surface area contributed by atoms with Gasteiger partial charge in [0.1, 0.15) is 17.4 Å². The minimum Gasteiger partial charge on any atom is -0.497 e. The molecule has 112 valence electrons. The summed E-state index contributed by atoms with van der Waals surface area (Å²) in [5, 5.41) is 2.74. The average Bonchev–Trinajstić information content (AvgIpc) is 2.46. The zero-order chi connectivity index (χ0) is 15.6. The molecule has 2 aromatic rings. The van der Waals surface area contributed by atoms with Crippen molar-refractivity contribution < 1.29 is 13.5 Å². The van der Waals surface area contributed by atoms with Crippen molar-refractivity contribution in [3.05, 3.63) is 62.6 Å². The van der Waals surface area contributed by atoms with Crippen molar-refractivity contribution >= 4 is 27.5 Å². The number of nitrogens with one attached hydrogen (secondary N) is 1. The first kappa shape index (κ1) is 16.2. The Bertz CT molecular complexity index is 666. The van der Waals surface area contributed by atoms with Gasteiger partial charge >= 0.3 is 0 Å². The summed E-state index contributed by atoms with van der Waals surface area (Å²) in [7, 11) is 3.23. The van der Waals surface area contributed by atoms with Gasteiger partial charge in [-0.2, -0.15) is 0 Å². The number of hydrogen-bond donors (Lipinski definition) is 1. The van der Waals surface area contributed by atoms with Crippen LogP contribution in [-0.4, -0.2) is 14.2 Å². The van der Waals surface area contributed by atoms with Crippen molar-refractivity contribution in [1.29, 1.82) is 0 Å². The van der Waals surface area contributed by atoms with Crippen LogP contribution < -0.4 is 10.1 Å². The minimum atomic E-state index is -0.655. The molecule has 0 bridgehead atoms. The maximum atomic E-state index is 14.1. The van der Waals surface area contributed by atoms with Crippen molar-refractivity contribution in [2.45, 2.75) is 6.04 Å². The van der Waals surface area contributed by atoms with E-state index in [9.17, 15) is 8.78 Å². The fraction of sp³-hybridized carbons (Fsp3) is 0.200. The third kappa shape index (κ3) is 3.36. The van der Waals surface area contributed by atoms with Gasteiger partial charge in [-0.25, -0.2) is 8.78 Å². The molecule has 0 aliphatic heterocycles. The van der Waals surface area contributed by atoms with Gasteiger partial charge < -0.3 is 10.1 Å². The second-order valence-corrected chi connectivity index (χ2v) is 5.66. The van der Waals surface area contributed by atoms with Crippen LogP contribution in [0.1, 0.15) is 17.2 Å². The standard InChI is InChI=1S/C15H13BrClF2NO/c1-20-15(9-4-3-8(21-2)5-11(9)16)10-6-14(19)12(17)7-13(10)18/h3-7,15,20H,1-2H3. The number of methoxy groups -OCH3 is 1. The lowest BCUT2D eigenvalue weighted by Gasteiger charge is -2.20. The van der Waals surface area contributed by atoms with E-state index in [0.29, 0.717) is 5.75 Å². The molecule has 0 aliphatic carbocycles. The summed E-state index contributed by atoms with van der Waals surface area (Å²) >= 11 is 9.01. The minimum absolute atomic E-state index is 0.185. The largest absolute Gasteiger partial charge is 0.497 e. The highest BCUT2D eigenvalue weighted by molar-refractivity contribution is 9.10. The highest BCUT2D eigenvalue weighted by atomic mass is 79.9. The molecule has 0 saturated heterocycles. The van der Waals surface area contributed by atoms with Gasteiger partial charge in [-0.15, -0.1) is 0 Å².